The molecule has 0 aliphatic heterocycles. The van der Waals surface area contributed by atoms with Gasteiger partial charge in [0.2, 0.25) is 0 Å². The fourth-order valence-electron chi connectivity index (χ4n) is 4.96. The van der Waals surface area contributed by atoms with E-state index in [1.165, 1.54) is 0 Å². The lowest BCUT2D eigenvalue weighted by Gasteiger charge is -2.15. The Morgan fingerprint density at radius 2 is 0.850 bits per heavy atom. The number of rotatable bonds is 5. The number of carbonyl (C=O) groups is 2. The van der Waals surface area contributed by atoms with Crippen LogP contribution in [-0.2, 0) is 0 Å². The molecule has 6 aromatic carbocycles. The fourth-order valence-corrected chi connectivity index (χ4v) is 4.96. The van der Waals surface area contributed by atoms with Gasteiger partial charge in [-0.1, -0.05) is 84.9 Å². The quantitative estimate of drug-likeness (QED) is 0.168. The Bertz CT molecular complexity index is 1780. The molecular formula is C36H26O4. The number of fused-ring (bicyclic) bond motifs is 2. The van der Waals surface area contributed by atoms with E-state index in [1.54, 1.807) is 12.1 Å². The van der Waals surface area contributed by atoms with Crippen LogP contribution in [0.4, 0.5) is 0 Å². The average molecular weight is 523 g/mol. The highest BCUT2D eigenvalue weighted by molar-refractivity contribution is 6.10. The molecule has 0 aliphatic carbocycles. The van der Waals surface area contributed by atoms with Gasteiger partial charge < -0.3 is 9.47 Å². The molecule has 0 aliphatic rings. The Labute approximate surface area is 232 Å². The van der Waals surface area contributed by atoms with Crippen LogP contribution in [0.2, 0.25) is 0 Å². The van der Waals surface area contributed by atoms with Crippen LogP contribution in [-0.4, -0.2) is 11.9 Å². The van der Waals surface area contributed by atoms with Crippen molar-refractivity contribution in [2.24, 2.45) is 0 Å². The minimum Gasteiger partial charge on any atom is -0.423 e. The van der Waals surface area contributed by atoms with E-state index in [9.17, 15) is 9.59 Å². The first-order chi connectivity index (χ1) is 19.5. The third kappa shape index (κ3) is 4.83. The highest BCUT2D eigenvalue weighted by atomic mass is 16.5. The normalized spacial score (nSPS) is 10.9. The van der Waals surface area contributed by atoms with Crippen LogP contribution in [0.15, 0.2) is 121 Å². The lowest BCUT2D eigenvalue weighted by atomic mass is 9.90. The molecule has 0 N–H and O–H groups in total. The third-order valence-electron chi connectivity index (χ3n) is 7.08. The first-order valence-electron chi connectivity index (χ1n) is 13.1. The van der Waals surface area contributed by atoms with Gasteiger partial charge >= 0.3 is 11.9 Å². The maximum atomic E-state index is 13.4. The number of esters is 2. The first kappa shape index (κ1) is 25.1. The van der Waals surface area contributed by atoms with Gasteiger partial charge in [0.05, 0.1) is 11.1 Å². The van der Waals surface area contributed by atoms with Crippen molar-refractivity contribution in [3.8, 4) is 22.6 Å². The van der Waals surface area contributed by atoms with E-state index >= 15 is 0 Å². The molecule has 4 nitrogen and oxygen atoms in total. The van der Waals surface area contributed by atoms with Gasteiger partial charge in [0, 0.05) is 0 Å². The molecule has 0 atom stereocenters. The zero-order valence-electron chi connectivity index (χ0n) is 22.2. The predicted molar refractivity (Wildman–Crippen MR) is 159 cm³/mol. The minimum atomic E-state index is -0.444. The number of aryl methyl sites for hydroxylation is 2. The minimum absolute atomic E-state index is 0.425. The number of ether oxygens (including phenoxy) is 2. The molecule has 6 aromatic rings. The number of hydrogen-bond acceptors (Lipinski definition) is 4. The maximum Gasteiger partial charge on any atom is 0.343 e. The van der Waals surface area contributed by atoms with Gasteiger partial charge in [-0.3, -0.25) is 0 Å². The van der Waals surface area contributed by atoms with E-state index in [0.29, 0.717) is 22.6 Å². The molecule has 0 radical (unpaired) electrons. The molecule has 0 aromatic heterocycles. The SMILES string of the molecule is Cc1ccccc1OC(=O)c1cc(-c2cc(C(=O)Oc3ccccc3C)cc3ccccc23)c2ccccc2c1. The second-order valence-corrected chi connectivity index (χ2v) is 9.80. The second kappa shape index (κ2) is 10.5. The van der Waals surface area contributed by atoms with E-state index in [-0.39, 0.29) is 0 Å². The van der Waals surface area contributed by atoms with Gasteiger partial charge in [-0.15, -0.1) is 0 Å². The largest absolute Gasteiger partial charge is 0.423 e. The second-order valence-electron chi connectivity index (χ2n) is 9.80. The number of carbonyl (C=O) groups excluding carboxylic acids is 2. The molecule has 0 heterocycles. The van der Waals surface area contributed by atoms with Gasteiger partial charge in [-0.25, -0.2) is 9.59 Å². The molecular weight excluding hydrogens is 496 g/mol. The Balaban J connectivity index is 1.50. The van der Waals surface area contributed by atoms with E-state index in [2.05, 4.69) is 0 Å². The summed E-state index contributed by atoms with van der Waals surface area (Å²) in [6, 6.07) is 38.1. The molecule has 0 bridgehead atoms. The summed E-state index contributed by atoms with van der Waals surface area (Å²) >= 11 is 0. The van der Waals surface area contributed by atoms with E-state index < -0.39 is 11.9 Å². The molecule has 0 spiro atoms. The van der Waals surface area contributed by atoms with Crippen molar-refractivity contribution in [1.82, 2.24) is 0 Å². The zero-order valence-corrected chi connectivity index (χ0v) is 22.2. The molecule has 40 heavy (non-hydrogen) atoms. The summed E-state index contributed by atoms with van der Waals surface area (Å²) in [6.45, 7) is 3.81. The fraction of sp³-hybridized carbons (Fsp3) is 0.0556. The van der Waals surface area contributed by atoms with Crippen molar-refractivity contribution in [2.45, 2.75) is 13.8 Å². The van der Waals surface area contributed by atoms with Crippen molar-refractivity contribution < 1.29 is 19.1 Å². The lowest BCUT2D eigenvalue weighted by Crippen LogP contribution is -2.10. The van der Waals surface area contributed by atoms with Crippen LogP contribution >= 0.6 is 0 Å². The summed E-state index contributed by atoms with van der Waals surface area (Å²) in [5, 5.41) is 3.72. The maximum absolute atomic E-state index is 13.4. The summed E-state index contributed by atoms with van der Waals surface area (Å²) < 4.78 is 11.6. The van der Waals surface area contributed by atoms with Crippen LogP contribution in [0.25, 0.3) is 32.7 Å². The Hall–Kier alpha value is -5.22. The third-order valence-corrected chi connectivity index (χ3v) is 7.08. The summed E-state index contributed by atoms with van der Waals surface area (Å²) in [5.41, 5.74) is 4.27. The van der Waals surface area contributed by atoms with Crippen molar-refractivity contribution in [3.63, 3.8) is 0 Å². The predicted octanol–water partition coefficient (Wildman–Crippen LogP) is 8.72. The van der Waals surface area contributed by atoms with Gasteiger partial charge in [0.15, 0.2) is 0 Å². The van der Waals surface area contributed by atoms with Crippen molar-refractivity contribution in [1.29, 1.82) is 0 Å². The molecule has 0 saturated carbocycles. The molecule has 0 saturated heterocycles. The van der Waals surface area contributed by atoms with Crippen LogP contribution in [0.1, 0.15) is 31.8 Å². The van der Waals surface area contributed by atoms with Gasteiger partial charge in [0.25, 0.3) is 0 Å². The zero-order chi connectivity index (χ0) is 27.6. The summed E-state index contributed by atoms with van der Waals surface area (Å²) in [6.07, 6.45) is 0. The van der Waals surface area contributed by atoms with Gasteiger partial charge in [-0.05, 0) is 94.0 Å². The molecule has 6 rings (SSSR count). The van der Waals surface area contributed by atoms with Crippen molar-refractivity contribution >= 4 is 33.5 Å². The monoisotopic (exact) mass is 522 g/mol. The van der Waals surface area contributed by atoms with Crippen LogP contribution in [0.3, 0.4) is 0 Å². The topological polar surface area (TPSA) is 52.6 Å². The van der Waals surface area contributed by atoms with E-state index in [1.807, 2.05) is 123 Å². The number of hydrogen-bond donors (Lipinski definition) is 0. The highest BCUT2D eigenvalue weighted by Gasteiger charge is 2.19. The molecule has 194 valence electrons. The summed E-state index contributed by atoms with van der Waals surface area (Å²) in [4.78, 5) is 26.7. The van der Waals surface area contributed by atoms with Crippen molar-refractivity contribution in [2.75, 3.05) is 0 Å². The van der Waals surface area contributed by atoms with Crippen LogP contribution in [0.5, 0.6) is 11.5 Å². The summed E-state index contributed by atoms with van der Waals surface area (Å²) in [5.74, 6) is 0.156. The Morgan fingerprint density at radius 3 is 1.27 bits per heavy atom. The lowest BCUT2D eigenvalue weighted by molar-refractivity contribution is 0.0724. The number of para-hydroxylation sites is 2. The van der Waals surface area contributed by atoms with E-state index in [4.69, 9.17) is 9.47 Å². The smallest absolute Gasteiger partial charge is 0.343 e. The average Bonchev–Trinajstić information content (AvgIpc) is 2.98. The standard InChI is InChI=1S/C36H26O4/c1-23-11-3-9-17-33(23)39-35(37)27-19-25-13-5-7-15-29(25)31(21-27)32-22-28(20-26-14-6-8-16-30(26)32)36(38)40-34-18-10-4-12-24(34)2/h3-22H,1-2H3. The Kier molecular flexibility index (Phi) is 6.59. The molecule has 0 unspecified atom stereocenters. The highest BCUT2D eigenvalue weighted by Crippen LogP contribution is 2.37. The number of benzene rings is 6. The van der Waals surface area contributed by atoms with Gasteiger partial charge in [0.1, 0.15) is 11.5 Å². The van der Waals surface area contributed by atoms with Crippen molar-refractivity contribution in [3.05, 3.63) is 144 Å². The molecule has 0 fully saturated rings. The van der Waals surface area contributed by atoms with Crippen LogP contribution < -0.4 is 9.47 Å². The molecule has 4 heteroatoms. The van der Waals surface area contributed by atoms with E-state index in [0.717, 1.165) is 43.8 Å². The first-order valence-corrected chi connectivity index (χ1v) is 13.1. The van der Waals surface area contributed by atoms with Crippen LogP contribution in [0, 0.1) is 13.8 Å². The molecule has 0 amide bonds. The van der Waals surface area contributed by atoms with Gasteiger partial charge in [-0.2, -0.15) is 0 Å². The Morgan fingerprint density at radius 1 is 0.475 bits per heavy atom. The summed E-state index contributed by atoms with van der Waals surface area (Å²) in [7, 11) is 0.